The predicted molar refractivity (Wildman–Crippen MR) is 111 cm³/mol. The molecule has 2 aromatic carbocycles. The molecule has 146 valence electrons. The molecule has 2 heterocycles. The Morgan fingerprint density at radius 1 is 1.07 bits per heavy atom. The summed E-state index contributed by atoms with van der Waals surface area (Å²) >= 11 is 1.70. The van der Waals surface area contributed by atoms with Crippen molar-refractivity contribution in [3.05, 3.63) is 65.5 Å². The monoisotopic (exact) mass is 395 g/mol. The first-order chi connectivity index (χ1) is 13.7. The van der Waals surface area contributed by atoms with Crippen molar-refractivity contribution >= 4 is 11.8 Å². The molecule has 6 heteroatoms. The number of nitrogens with zero attached hydrogens (tertiary/aromatic N) is 3. The lowest BCUT2D eigenvalue weighted by Crippen LogP contribution is -2.10. The second-order valence-corrected chi connectivity index (χ2v) is 8.01. The molecular weight excluding hydrogens is 370 g/mol. The second-order valence-electron chi connectivity index (χ2n) is 7.03. The Kier molecular flexibility index (Phi) is 5.98. The Labute approximate surface area is 170 Å². The number of hydrogen-bond donors (Lipinski definition) is 0. The molecule has 4 rings (SSSR count). The van der Waals surface area contributed by atoms with Crippen LogP contribution in [0.25, 0.3) is 5.69 Å². The van der Waals surface area contributed by atoms with Gasteiger partial charge in [0.15, 0.2) is 11.0 Å². The van der Waals surface area contributed by atoms with Gasteiger partial charge in [-0.2, -0.15) is 0 Å². The maximum atomic E-state index is 6.15. The van der Waals surface area contributed by atoms with E-state index < -0.39 is 0 Å². The van der Waals surface area contributed by atoms with Gasteiger partial charge in [0.1, 0.15) is 12.4 Å². The number of ether oxygens (including phenoxy) is 2. The molecule has 1 atom stereocenters. The maximum absolute atomic E-state index is 6.15. The molecule has 0 aliphatic carbocycles. The number of rotatable bonds is 7. The van der Waals surface area contributed by atoms with Crippen molar-refractivity contribution in [3.63, 3.8) is 0 Å². The fraction of sp³-hybridized carbons (Fsp3) is 0.364. The summed E-state index contributed by atoms with van der Waals surface area (Å²) in [6, 6.07) is 16.4. The van der Waals surface area contributed by atoms with Gasteiger partial charge in [0.2, 0.25) is 0 Å². The van der Waals surface area contributed by atoms with Crippen molar-refractivity contribution in [1.82, 2.24) is 14.8 Å². The van der Waals surface area contributed by atoms with E-state index >= 15 is 0 Å². The van der Waals surface area contributed by atoms with Gasteiger partial charge in [0.05, 0.1) is 6.10 Å². The van der Waals surface area contributed by atoms with E-state index in [0.29, 0.717) is 12.7 Å². The number of aromatic nitrogens is 3. The molecular formula is C22H25N3O2S. The zero-order chi connectivity index (χ0) is 19.3. The topological polar surface area (TPSA) is 49.2 Å². The van der Waals surface area contributed by atoms with E-state index in [1.165, 1.54) is 0 Å². The van der Waals surface area contributed by atoms with Crippen LogP contribution in [-0.4, -0.2) is 33.2 Å². The van der Waals surface area contributed by atoms with Crippen LogP contribution in [-0.2, 0) is 11.3 Å². The van der Waals surface area contributed by atoms with Gasteiger partial charge >= 0.3 is 0 Å². The lowest BCUT2D eigenvalue weighted by molar-refractivity contribution is 0.129. The van der Waals surface area contributed by atoms with Gasteiger partial charge in [-0.3, -0.25) is 4.57 Å². The van der Waals surface area contributed by atoms with E-state index in [9.17, 15) is 0 Å². The summed E-state index contributed by atoms with van der Waals surface area (Å²) in [6.45, 7) is 5.36. The molecule has 0 unspecified atom stereocenters. The van der Waals surface area contributed by atoms with Crippen molar-refractivity contribution < 1.29 is 9.47 Å². The van der Waals surface area contributed by atoms with Crippen molar-refractivity contribution in [1.29, 1.82) is 0 Å². The molecule has 0 spiro atoms. The van der Waals surface area contributed by atoms with Gasteiger partial charge < -0.3 is 9.47 Å². The smallest absolute Gasteiger partial charge is 0.196 e. The zero-order valence-corrected chi connectivity index (χ0v) is 17.1. The van der Waals surface area contributed by atoms with Crippen LogP contribution in [0.1, 0.15) is 29.8 Å². The molecule has 1 aromatic heterocycles. The molecule has 1 saturated heterocycles. The highest BCUT2D eigenvalue weighted by molar-refractivity contribution is 7.99. The van der Waals surface area contributed by atoms with Gasteiger partial charge in [-0.1, -0.05) is 48.2 Å². The highest BCUT2D eigenvalue weighted by atomic mass is 32.2. The molecule has 1 fully saturated rings. The van der Waals surface area contributed by atoms with Crippen LogP contribution in [0.4, 0.5) is 0 Å². The van der Waals surface area contributed by atoms with Crippen molar-refractivity contribution in [2.45, 2.75) is 44.6 Å². The Morgan fingerprint density at radius 2 is 1.86 bits per heavy atom. The lowest BCUT2D eigenvalue weighted by Gasteiger charge is -2.14. The van der Waals surface area contributed by atoms with Crippen LogP contribution in [0, 0.1) is 13.8 Å². The van der Waals surface area contributed by atoms with Gasteiger partial charge in [-0.05, 0) is 49.9 Å². The lowest BCUT2D eigenvalue weighted by atomic mass is 10.1. The van der Waals surface area contributed by atoms with Crippen LogP contribution in [0.2, 0.25) is 0 Å². The number of para-hydroxylation sites is 2. The predicted octanol–water partition coefficient (Wildman–Crippen LogP) is 4.73. The normalized spacial score (nSPS) is 16.4. The molecule has 0 amide bonds. The zero-order valence-electron chi connectivity index (χ0n) is 16.3. The highest BCUT2D eigenvalue weighted by Crippen LogP contribution is 2.27. The Morgan fingerprint density at radius 3 is 2.57 bits per heavy atom. The molecule has 0 N–H and O–H groups in total. The standard InChI is InChI=1S/C22H25N3O2S/c1-16-8-6-9-17(2)21(16)27-14-20-23-24-22(28-15-19-12-7-13-26-19)25(20)18-10-4-3-5-11-18/h3-6,8-11,19H,7,12-15H2,1-2H3/t19-/m0/s1. The summed E-state index contributed by atoms with van der Waals surface area (Å²) in [5.74, 6) is 2.60. The first-order valence-corrected chi connectivity index (χ1v) is 10.6. The summed E-state index contributed by atoms with van der Waals surface area (Å²) < 4.78 is 14.0. The van der Waals surface area contributed by atoms with E-state index in [2.05, 4.69) is 52.9 Å². The van der Waals surface area contributed by atoms with E-state index in [1.807, 2.05) is 24.3 Å². The number of thioether (sulfide) groups is 1. The van der Waals surface area contributed by atoms with Crippen molar-refractivity contribution in [2.75, 3.05) is 12.4 Å². The Hall–Kier alpha value is -2.31. The molecule has 1 aliphatic heterocycles. The summed E-state index contributed by atoms with van der Waals surface area (Å²) in [4.78, 5) is 0. The van der Waals surface area contributed by atoms with E-state index in [-0.39, 0.29) is 0 Å². The highest BCUT2D eigenvalue weighted by Gasteiger charge is 2.20. The third-order valence-corrected chi connectivity index (χ3v) is 5.95. The molecule has 5 nitrogen and oxygen atoms in total. The van der Waals surface area contributed by atoms with Crippen molar-refractivity contribution in [3.8, 4) is 11.4 Å². The van der Waals surface area contributed by atoms with Crippen LogP contribution in [0.5, 0.6) is 5.75 Å². The fourth-order valence-electron chi connectivity index (χ4n) is 3.43. The largest absolute Gasteiger partial charge is 0.485 e. The Balaban J connectivity index is 1.57. The molecule has 0 radical (unpaired) electrons. The molecule has 28 heavy (non-hydrogen) atoms. The molecule has 0 saturated carbocycles. The Bertz CT molecular complexity index is 901. The minimum Gasteiger partial charge on any atom is -0.485 e. The number of aryl methyl sites for hydroxylation is 2. The van der Waals surface area contributed by atoms with E-state index in [4.69, 9.17) is 9.47 Å². The summed E-state index contributed by atoms with van der Waals surface area (Å²) in [6.07, 6.45) is 2.57. The van der Waals surface area contributed by atoms with Crippen LogP contribution in [0.3, 0.4) is 0 Å². The van der Waals surface area contributed by atoms with Gasteiger partial charge in [0, 0.05) is 18.0 Å². The van der Waals surface area contributed by atoms with Crippen molar-refractivity contribution in [2.24, 2.45) is 0 Å². The van der Waals surface area contributed by atoms with E-state index in [1.54, 1.807) is 11.8 Å². The van der Waals surface area contributed by atoms with Gasteiger partial charge in [-0.25, -0.2) is 0 Å². The van der Waals surface area contributed by atoms with E-state index in [0.717, 1.165) is 58.7 Å². The summed E-state index contributed by atoms with van der Waals surface area (Å²) in [7, 11) is 0. The van der Waals surface area contributed by atoms with Crippen LogP contribution in [0.15, 0.2) is 53.7 Å². The summed E-state index contributed by atoms with van der Waals surface area (Å²) in [5.41, 5.74) is 3.29. The van der Waals surface area contributed by atoms with Gasteiger partial charge in [0.25, 0.3) is 0 Å². The quantitative estimate of drug-likeness (QED) is 0.541. The average Bonchev–Trinajstić information content (AvgIpc) is 3.36. The number of hydrogen-bond acceptors (Lipinski definition) is 5. The van der Waals surface area contributed by atoms with Crippen LogP contribution < -0.4 is 4.74 Å². The average molecular weight is 396 g/mol. The SMILES string of the molecule is Cc1cccc(C)c1OCc1nnc(SC[C@@H]2CCCO2)n1-c1ccccc1. The second kappa shape index (κ2) is 8.80. The number of benzene rings is 2. The maximum Gasteiger partial charge on any atom is 0.196 e. The first kappa shape index (κ1) is 19.0. The minimum atomic E-state index is 0.306. The summed E-state index contributed by atoms with van der Waals surface area (Å²) in [5, 5.41) is 9.77. The molecule has 3 aromatic rings. The fourth-order valence-corrected chi connectivity index (χ4v) is 4.47. The molecule has 0 bridgehead atoms. The third kappa shape index (κ3) is 4.23. The third-order valence-electron chi connectivity index (χ3n) is 4.89. The van der Waals surface area contributed by atoms with Gasteiger partial charge in [-0.15, -0.1) is 10.2 Å². The van der Waals surface area contributed by atoms with Crippen LogP contribution >= 0.6 is 11.8 Å². The first-order valence-electron chi connectivity index (χ1n) is 9.65. The minimum absolute atomic E-state index is 0.306. The molecule has 1 aliphatic rings.